The number of halogens is 2. The first-order valence-corrected chi connectivity index (χ1v) is 12.8. The van der Waals surface area contributed by atoms with Gasteiger partial charge < -0.3 is 24.2 Å². The largest absolute Gasteiger partial charge is 0.496 e. The Bertz CT molecular complexity index is 1470. The molecule has 200 valence electrons. The normalized spacial score (nSPS) is 17.4. The summed E-state index contributed by atoms with van der Waals surface area (Å²) in [6.45, 7) is 8.13. The van der Waals surface area contributed by atoms with E-state index >= 15 is 4.39 Å². The third-order valence-corrected chi connectivity index (χ3v) is 7.30. The first-order chi connectivity index (χ1) is 17.9. The summed E-state index contributed by atoms with van der Waals surface area (Å²) in [5.74, 6) is -0.238. The van der Waals surface area contributed by atoms with Gasteiger partial charge in [-0.2, -0.15) is 0 Å². The highest BCUT2D eigenvalue weighted by Crippen LogP contribution is 2.47. The molecule has 1 saturated heterocycles. The van der Waals surface area contributed by atoms with Gasteiger partial charge in [-0.25, -0.2) is 9.18 Å². The van der Waals surface area contributed by atoms with E-state index in [1.807, 2.05) is 24.0 Å². The van der Waals surface area contributed by atoms with E-state index in [0.717, 1.165) is 5.56 Å². The number of ether oxygens (including phenoxy) is 2. The molecule has 5 rings (SSSR count). The molecular formula is C28H30ClFN4O4. The average Bonchev–Trinajstić information content (AvgIpc) is 2.86. The van der Waals surface area contributed by atoms with Crippen LogP contribution in [0.3, 0.4) is 0 Å². The average molecular weight is 541 g/mol. The topological polar surface area (TPSA) is 75.2 Å². The first kappa shape index (κ1) is 26.0. The Labute approximate surface area is 225 Å². The number of carbonyl (C=O) groups excluding carboxylic acids is 2. The lowest BCUT2D eigenvalue weighted by Crippen LogP contribution is -2.63. The van der Waals surface area contributed by atoms with Crippen molar-refractivity contribution in [3.05, 3.63) is 46.9 Å². The number of likely N-dealkylation sites (N-methyl/N-ethyl adjacent to an activating group) is 1. The van der Waals surface area contributed by atoms with Gasteiger partial charge in [0, 0.05) is 36.7 Å². The van der Waals surface area contributed by atoms with E-state index in [-0.39, 0.29) is 28.6 Å². The summed E-state index contributed by atoms with van der Waals surface area (Å²) in [5, 5.41) is 0.706. The van der Waals surface area contributed by atoms with Crippen molar-refractivity contribution in [1.82, 2.24) is 9.88 Å². The van der Waals surface area contributed by atoms with Gasteiger partial charge in [0.05, 0.1) is 36.2 Å². The van der Waals surface area contributed by atoms with E-state index in [1.165, 1.54) is 18.2 Å². The number of benzene rings is 2. The number of methoxy groups -OCH3 is 1. The fraction of sp³-hybridized carbons (Fsp3) is 0.393. The van der Waals surface area contributed by atoms with Crippen LogP contribution in [0, 0.1) is 12.7 Å². The number of fused-ring (bicyclic) bond motifs is 5. The van der Waals surface area contributed by atoms with Crippen LogP contribution in [0.5, 0.6) is 5.75 Å². The van der Waals surface area contributed by atoms with Crippen LogP contribution in [-0.2, 0) is 9.53 Å². The number of aromatic nitrogens is 1. The lowest BCUT2D eigenvalue weighted by molar-refractivity contribution is -0.120. The molecule has 1 atom stereocenters. The van der Waals surface area contributed by atoms with Crippen LogP contribution in [0.4, 0.5) is 20.6 Å². The molecule has 0 spiro atoms. The zero-order valence-corrected chi connectivity index (χ0v) is 23.0. The van der Waals surface area contributed by atoms with Crippen LogP contribution in [0.2, 0.25) is 5.02 Å². The quantitative estimate of drug-likeness (QED) is 0.432. The zero-order chi connectivity index (χ0) is 27.5. The maximum atomic E-state index is 16.2. The van der Waals surface area contributed by atoms with Crippen LogP contribution in [0.1, 0.15) is 26.3 Å². The predicted molar refractivity (Wildman–Crippen MR) is 146 cm³/mol. The molecule has 1 unspecified atom stereocenters. The summed E-state index contributed by atoms with van der Waals surface area (Å²) in [6, 6.07) is 6.51. The van der Waals surface area contributed by atoms with Crippen molar-refractivity contribution in [2.45, 2.75) is 39.3 Å². The number of amides is 2. The third kappa shape index (κ3) is 4.18. The molecule has 2 amide bonds. The minimum Gasteiger partial charge on any atom is -0.496 e. The Kier molecular flexibility index (Phi) is 6.38. The third-order valence-electron chi connectivity index (χ3n) is 7.01. The standard InChI is InChI=1S/C28H30ClFN4O4/c1-15-8-7-9-20(37-6)21(15)22-17(29)12-16-24(23(22)30)31-13-18-25(16)34-11-10-33(27(36)38-28(2,3)4)14-19(34)26(35)32(18)5/h7-9,12-13,19H,10-11,14H2,1-6H3. The molecule has 0 saturated carbocycles. The molecule has 0 radical (unpaired) electrons. The lowest BCUT2D eigenvalue weighted by Gasteiger charge is -2.47. The summed E-state index contributed by atoms with van der Waals surface area (Å²) >= 11 is 6.76. The fourth-order valence-electron chi connectivity index (χ4n) is 5.24. The number of pyridine rings is 1. The Hall–Kier alpha value is -3.59. The van der Waals surface area contributed by atoms with E-state index in [1.54, 1.807) is 44.9 Å². The van der Waals surface area contributed by atoms with E-state index < -0.39 is 23.6 Å². The minimum absolute atomic E-state index is 0.143. The Balaban J connectivity index is 1.63. The number of anilines is 2. The fourth-order valence-corrected chi connectivity index (χ4v) is 5.53. The SMILES string of the molecule is COc1cccc(C)c1-c1c(Cl)cc2c3c(cnc2c1F)N(C)C(=O)C1CN(C(=O)OC(C)(C)C)CCN31. The van der Waals surface area contributed by atoms with E-state index in [0.29, 0.717) is 41.2 Å². The number of carbonyl (C=O) groups is 2. The Morgan fingerprint density at radius 1 is 1.21 bits per heavy atom. The molecule has 1 aromatic heterocycles. The van der Waals surface area contributed by atoms with Gasteiger partial charge in [0.2, 0.25) is 0 Å². The van der Waals surface area contributed by atoms with Crippen molar-refractivity contribution in [3.63, 3.8) is 0 Å². The van der Waals surface area contributed by atoms with Gasteiger partial charge in [0.15, 0.2) is 5.82 Å². The number of nitrogens with zero attached hydrogens (tertiary/aromatic N) is 4. The summed E-state index contributed by atoms with van der Waals surface area (Å²) in [5.41, 5.74) is 2.30. The molecule has 1 fully saturated rings. The summed E-state index contributed by atoms with van der Waals surface area (Å²) in [4.78, 5) is 35.5. The first-order valence-electron chi connectivity index (χ1n) is 12.4. The molecule has 2 aliphatic heterocycles. The molecule has 38 heavy (non-hydrogen) atoms. The minimum atomic E-state index is -0.655. The van der Waals surface area contributed by atoms with Crippen molar-refractivity contribution >= 4 is 45.9 Å². The van der Waals surface area contributed by atoms with Gasteiger partial charge in [0.1, 0.15) is 22.9 Å². The number of hydrogen-bond donors (Lipinski definition) is 0. The van der Waals surface area contributed by atoms with Crippen molar-refractivity contribution in [3.8, 4) is 16.9 Å². The number of rotatable bonds is 2. The molecule has 2 aliphatic rings. The molecule has 3 heterocycles. The molecule has 0 bridgehead atoms. The molecule has 0 aliphatic carbocycles. The van der Waals surface area contributed by atoms with Crippen LogP contribution < -0.4 is 14.5 Å². The summed E-state index contributed by atoms with van der Waals surface area (Å²) < 4.78 is 27.3. The van der Waals surface area contributed by atoms with Gasteiger partial charge in [-0.15, -0.1) is 0 Å². The Morgan fingerprint density at radius 2 is 1.95 bits per heavy atom. The van der Waals surface area contributed by atoms with E-state index in [4.69, 9.17) is 21.1 Å². The smallest absolute Gasteiger partial charge is 0.410 e. The monoisotopic (exact) mass is 540 g/mol. The molecular weight excluding hydrogens is 511 g/mol. The van der Waals surface area contributed by atoms with Gasteiger partial charge in [-0.3, -0.25) is 9.78 Å². The Morgan fingerprint density at radius 3 is 2.63 bits per heavy atom. The van der Waals surface area contributed by atoms with Crippen LogP contribution in [0.25, 0.3) is 22.0 Å². The number of hydrogen-bond acceptors (Lipinski definition) is 6. The van der Waals surface area contributed by atoms with Crippen molar-refractivity contribution < 1.29 is 23.5 Å². The zero-order valence-electron chi connectivity index (χ0n) is 22.3. The second kappa shape index (κ2) is 9.31. The molecule has 2 aromatic carbocycles. The second-order valence-corrected chi connectivity index (χ2v) is 11.0. The number of aryl methyl sites for hydroxylation is 1. The van der Waals surface area contributed by atoms with E-state index in [2.05, 4.69) is 4.98 Å². The number of piperazine rings is 1. The molecule has 8 nitrogen and oxygen atoms in total. The maximum Gasteiger partial charge on any atom is 0.410 e. The van der Waals surface area contributed by atoms with Crippen molar-refractivity contribution in [2.24, 2.45) is 0 Å². The van der Waals surface area contributed by atoms with Gasteiger partial charge in [-0.1, -0.05) is 23.7 Å². The summed E-state index contributed by atoms with van der Waals surface area (Å²) in [7, 11) is 3.19. The molecule has 0 N–H and O–H groups in total. The van der Waals surface area contributed by atoms with E-state index in [9.17, 15) is 9.59 Å². The summed E-state index contributed by atoms with van der Waals surface area (Å²) in [6.07, 6.45) is 1.05. The predicted octanol–water partition coefficient (Wildman–Crippen LogP) is 5.41. The van der Waals surface area contributed by atoms with Crippen LogP contribution in [-0.4, -0.2) is 67.3 Å². The second-order valence-electron chi connectivity index (χ2n) is 10.6. The van der Waals surface area contributed by atoms with Gasteiger partial charge in [0.25, 0.3) is 5.91 Å². The maximum absolute atomic E-state index is 16.2. The van der Waals surface area contributed by atoms with Crippen LogP contribution in [0.15, 0.2) is 30.5 Å². The molecule has 10 heteroatoms. The highest BCUT2D eigenvalue weighted by molar-refractivity contribution is 6.35. The van der Waals surface area contributed by atoms with Crippen molar-refractivity contribution in [1.29, 1.82) is 0 Å². The van der Waals surface area contributed by atoms with Crippen LogP contribution >= 0.6 is 11.6 Å². The molecule has 3 aromatic rings. The lowest BCUT2D eigenvalue weighted by atomic mass is 9.95. The van der Waals surface area contributed by atoms with Gasteiger partial charge >= 0.3 is 6.09 Å². The van der Waals surface area contributed by atoms with Gasteiger partial charge in [-0.05, 0) is 45.4 Å². The highest BCUT2D eigenvalue weighted by Gasteiger charge is 2.43. The van der Waals surface area contributed by atoms with Crippen molar-refractivity contribution in [2.75, 3.05) is 43.6 Å². The highest BCUT2D eigenvalue weighted by atomic mass is 35.5.